The first-order chi connectivity index (χ1) is 63.3. The molecule has 0 aromatic rings. The minimum atomic E-state index is -2.67. The van der Waals surface area contributed by atoms with Gasteiger partial charge in [0.15, 0.2) is 12.6 Å². The number of quaternary nitrogens is 1. The van der Waals surface area contributed by atoms with E-state index in [1.165, 1.54) is 0 Å². The number of aliphatic hydroxyl groups excluding tert-OH is 24. The van der Waals surface area contributed by atoms with Crippen molar-refractivity contribution in [3.05, 3.63) is 0 Å². The van der Waals surface area contributed by atoms with E-state index in [9.17, 15) is 123 Å². The van der Waals surface area contributed by atoms with Gasteiger partial charge in [-0.1, -0.05) is 69.2 Å². The van der Waals surface area contributed by atoms with Gasteiger partial charge in [-0.05, 0) is 79.3 Å². The van der Waals surface area contributed by atoms with Crippen LogP contribution in [0, 0.1) is 0 Å². The number of nitrogens with zero attached hydrogens (tertiary/aromatic N) is 6. The minimum absolute atomic E-state index is 0. The molecule has 8 saturated heterocycles. The van der Waals surface area contributed by atoms with E-state index in [4.69, 9.17) is 96.9 Å². The maximum absolute atomic E-state index is 12.2. The Labute approximate surface area is 795 Å². The van der Waals surface area contributed by atoms with Crippen LogP contribution in [0.25, 0.3) is 0 Å². The van der Waals surface area contributed by atoms with E-state index in [2.05, 4.69) is 66.0 Å². The van der Waals surface area contributed by atoms with Gasteiger partial charge < -0.3 is 244 Å². The number of aliphatic hydroxyl groups is 24. The van der Waals surface area contributed by atoms with Crippen molar-refractivity contribution in [1.29, 1.82) is 0 Å². The zero-order valence-electron chi connectivity index (χ0n) is 79.6. The summed E-state index contributed by atoms with van der Waals surface area (Å²) in [6.45, 7) is 30.5. The van der Waals surface area contributed by atoms with Gasteiger partial charge in [0.1, 0.15) is 205 Å². The second-order valence-corrected chi connectivity index (χ2v) is 34.8. The van der Waals surface area contributed by atoms with Gasteiger partial charge in [-0.3, -0.25) is 4.90 Å². The van der Waals surface area contributed by atoms with E-state index in [-0.39, 0.29) is 65.3 Å². The highest BCUT2D eigenvalue weighted by atomic mass is 35.5. The molecule has 8 aliphatic rings. The summed E-state index contributed by atoms with van der Waals surface area (Å²) in [4.78, 5) is 11.0. The number of halogens is 2. The maximum atomic E-state index is 12.2. The van der Waals surface area contributed by atoms with Gasteiger partial charge in [0.25, 0.3) is 0 Å². The SMILES string of the molecule is CCN(CC)CCCl.CCN(CC)CCOCC1O[C@H](O[C@]2(CO[C@]3(CO[C@]4(CO)O[C@H](COCCN(CC)CC)C(O)[C@H]4O)O[C@H](COCCN(CC)CC)C(O)[C@H]3O)O[C@H](COCC[N+](CC)(CC)CCN(CC)CC)C(O)[C@H]2O)C(O)[C@@H](O)[C@@H]1O.OCC1O[C@H](O[C@]2(CO[C@]3(CO[C@]4(CO)O[C@H](CO)C(O)[C@H]4O)O[C@H](CO)C(O)[C@H]3O)O[C@H](CO)C(O)[C@H]2O)C(O)[C@@H](O)[C@@H]1O.[Cl-]. The molecule has 0 aromatic heterocycles. The van der Waals surface area contributed by atoms with Crippen LogP contribution in [-0.4, -0.2) is 607 Å². The number of ether oxygens (including phenoxy) is 18. The van der Waals surface area contributed by atoms with E-state index >= 15 is 0 Å². The number of hydrogen-bond donors (Lipinski definition) is 24. The van der Waals surface area contributed by atoms with Crippen LogP contribution < -0.4 is 12.4 Å². The third kappa shape index (κ3) is 30.4. The monoisotopic (exact) mass is 2000 g/mol. The summed E-state index contributed by atoms with van der Waals surface area (Å²) in [7, 11) is 0. The molecule has 0 aliphatic carbocycles. The Bertz CT molecular complexity index is 3140. The van der Waals surface area contributed by atoms with E-state index in [0.29, 0.717) is 26.2 Å². The third-order valence-electron chi connectivity index (χ3n) is 26.8. The van der Waals surface area contributed by atoms with Crippen LogP contribution in [0.5, 0.6) is 0 Å². The summed E-state index contributed by atoms with van der Waals surface area (Å²) in [6, 6.07) is 0. The Morgan fingerprint density at radius 2 is 0.530 bits per heavy atom. The standard InChI is InChI=1S/C54H108N5O21.C24H42O21.C6H14ClN.ClH/c1-11-55(12-2)21-25-59(19-9,20-10)26-30-73-34-41-45(64)50(69)54(79-41,80-51-47(66)46(65)42(61)38(76-51)31-70-27-22-56(13-3)14-4)37-75-53(49(68)44(63)40(78-53)33-72-29-24-58(17-7)18-8)36-74-52(35-60)48(67)43(62)39(77-52)32-71-28-23-57(15-5)16-6;25-1-8-12(30)16(34)17(35)21(41-8)45-24(20(38)15(33)11(4-28)44-24)7-40-23(19(37)14(32)10(3-27)43-23)6-39-22(5-29)18(36)13(31)9(2-26)42-22;1-3-8(4-2)6-5-7;/h38-51,60-69H,11-37H2,1-10H3;8-21,25-38H,1-7H2;3-6H2,1-2H3;1H/q+1;;;/p-1/t38?,39-,40-,41-,42-,43?,44?,45?,46+,47?,48-,49-,50-,51-,52-,53-,54+;8?,9-,10-,11-,12-,13?,14?,15?,16+,17?,18-,19-,20-,21-,22-,23-,24+;;/m11../s1. The van der Waals surface area contributed by atoms with Gasteiger partial charge in [0, 0.05) is 38.6 Å². The molecule has 0 spiro atoms. The molecule has 0 bridgehead atoms. The van der Waals surface area contributed by atoms with Gasteiger partial charge in [0.2, 0.25) is 34.7 Å². The summed E-state index contributed by atoms with van der Waals surface area (Å²) >= 11 is 5.51. The molecule has 8 fully saturated rings. The van der Waals surface area contributed by atoms with Gasteiger partial charge in [-0.15, -0.1) is 11.6 Å². The first-order valence-corrected chi connectivity index (χ1v) is 47.4. The fourth-order valence-electron chi connectivity index (χ4n) is 17.0. The van der Waals surface area contributed by atoms with Crippen molar-refractivity contribution in [2.45, 2.75) is 289 Å². The van der Waals surface area contributed by atoms with Crippen LogP contribution in [0.15, 0.2) is 0 Å². The predicted octanol–water partition coefficient (Wildman–Crippen LogP) is -14.6. The highest BCUT2D eigenvalue weighted by Gasteiger charge is 2.68. The first-order valence-electron chi connectivity index (χ1n) is 46.8. The van der Waals surface area contributed by atoms with Crippen molar-refractivity contribution in [3.63, 3.8) is 0 Å². The Kier molecular flexibility index (Phi) is 54.0. The van der Waals surface area contributed by atoms with Crippen LogP contribution in [0.2, 0.25) is 0 Å². The van der Waals surface area contributed by atoms with Gasteiger partial charge in [0.05, 0.1) is 98.9 Å². The van der Waals surface area contributed by atoms with Crippen LogP contribution in [0.4, 0.5) is 0 Å². The molecule has 0 saturated carbocycles. The van der Waals surface area contributed by atoms with Crippen LogP contribution in [0.1, 0.15) is 83.1 Å². The lowest BCUT2D eigenvalue weighted by molar-refractivity contribution is -0.924. The van der Waals surface area contributed by atoms with E-state index in [1.807, 2.05) is 41.5 Å². The molecule has 50 heteroatoms. The predicted molar refractivity (Wildman–Crippen MR) is 464 cm³/mol. The lowest BCUT2D eigenvalue weighted by Crippen LogP contribution is -3.00. The number of likely N-dealkylation sites (N-methyl/N-ethyl adjacent to an activating group) is 5. The van der Waals surface area contributed by atoms with Crippen molar-refractivity contribution in [3.8, 4) is 0 Å². The molecule has 8 aliphatic heterocycles. The quantitative estimate of drug-likeness (QED) is 0.0153. The lowest BCUT2D eigenvalue weighted by atomic mass is 9.98. The van der Waals surface area contributed by atoms with Crippen molar-refractivity contribution in [1.82, 2.24) is 24.5 Å². The minimum Gasteiger partial charge on any atom is -1.00 e. The number of hydrogen-bond acceptors (Lipinski definition) is 47. The second-order valence-electron chi connectivity index (χ2n) is 34.4. The zero-order valence-corrected chi connectivity index (χ0v) is 81.1. The smallest absolute Gasteiger partial charge is 0.224 e. The van der Waals surface area contributed by atoms with Crippen LogP contribution in [-0.2, 0) is 85.3 Å². The van der Waals surface area contributed by atoms with Crippen LogP contribution >= 0.6 is 11.6 Å². The Morgan fingerprint density at radius 3 is 0.851 bits per heavy atom. The van der Waals surface area contributed by atoms with E-state index < -0.39 is 272 Å². The molecular weight excluding hydrogens is 1840 g/mol. The Morgan fingerprint density at radius 1 is 0.276 bits per heavy atom. The Hall–Kier alpha value is -1.34. The van der Waals surface area contributed by atoms with Gasteiger partial charge >= 0.3 is 0 Å². The molecule has 0 aromatic carbocycles. The zero-order chi connectivity index (χ0) is 99.2. The van der Waals surface area contributed by atoms with E-state index in [1.54, 1.807) is 0 Å². The molecule has 0 radical (unpaired) electrons. The molecule has 0 amide bonds. The van der Waals surface area contributed by atoms with Gasteiger partial charge in [-0.2, -0.15) is 0 Å². The number of alkyl halides is 1. The van der Waals surface area contributed by atoms with E-state index in [0.717, 1.165) is 109 Å². The van der Waals surface area contributed by atoms with Crippen molar-refractivity contribution in [2.75, 3.05) is 249 Å². The third-order valence-corrected chi connectivity index (χ3v) is 27.0. The average molecular weight is 2000 g/mol. The van der Waals surface area contributed by atoms with Crippen molar-refractivity contribution < 1.29 is 225 Å². The lowest BCUT2D eigenvalue weighted by Gasteiger charge is -2.45. The molecule has 48 nitrogen and oxygen atoms in total. The Balaban J connectivity index is 0.000000490. The molecular formula is C84H164Cl2N6O42. The molecule has 24 N–H and O–H groups in total. The fraction of sp³-hybridized carbons (Fsp3) is 1.00. The molecule has 796 valence electrons. The second kappa shape index (κ2) is 58.7. The first kappa shape index (κ1) is 123. The fourth-order valence-corrected chi connectivity index (χ4v) is 17.3. The summed E-state index contributed by atoms with van der Waals surface area (Å²) in [5.41, 5.74) is 0. The van der Waals surface area contributed by atoms with Crippen molar-refractivity contribution >= 4 is 11.6 Å². The summed E-state index contributed by atoms with van der Waals surface area (Å²) in [5, 5.41) is 258. The highest BCUT2D eigenvalue weighted by Crippen LogP contribution is 2.46. The largest absolute Gasteiger partial charge is 1.00 e. The van der Waals surface area contributed by atoms with Gasteiger partial charge in [-0.25, -0.2) is 0 Å². The summed E-state index contributed by atoms with van der Waals surface area (Å²) in [6.07, 6.45) is -49.3. The molecule has 10 unspecified atom stereocenters. The molecule has 34 atom stereocenters. The van der Waals surface area contributed by atoms with Crippen LogP contribution in [0.3, 0.4) is 0 Å². The van der Waals surface area contributed by atoms with Crippen molar-refractivity contribution in [2.24, 2.45) is 0 Å². The molecule has 8 heterocycles. The normalized spacial score (nSPS) is 39.1. The highest BCUT2D eigenvalue weighted by molar-refractivity contribution is 6.18. The summed E-state index contributed by atoms with van der Waals surface area (Å²) in [5.74, 6) is -14.5. The molecule has 8 rings (SSSR count). The topological polar surface area (TPSA) is 668 Å². The summed E-state index contributed by atoms with van der Waals surface area (Å²) < 4.78 is 107. The average Bonchev–Trinajstić information content (AvgIpc) is 1.59. The maximum Gasteiger partial charge on any atom is 0.224 e. The molecule has 134 heavy (non-hydrogen) atoms. The number of rotatable bonds is 59.